The molecule has 0 aromatic rings. The van der Waals surface area contributed by atoms with Gasteiger partial charge in [-0.2, -0.15) is 0 Å². The summed E-state index contributed by atoms with van der Waals surface area (Å²) < 4.78 is 6.57. The third kappa shape index (κ3) is 4.96. The lowest BCUT2D eigenvalue weighted by Gasteiger charge is -1.98. The van der Waals surface area contributed by atoms with Crippen molar-refractivity contribution in [1.29, 1.82) is 0 Å². The first kappa shape index (κ1) is 6.22. The lowest BCUT2D eigenvalue weighted by molar-refractivity contribution is -0.118. The zero-order valence-electron chi connectivity index (χ0n) is 5.96. The Morgan fingerprint density at radius 1 is 1.89 bits per heavy atom. The zero-order chi connectivity index (χ0) is 7.98. The molecule has 0 saturated heterocycles. The van der Waals surface area contributed by atoms with E-state index in [1.165, 1.54) is 0 Å². The molecule has 0 spiro atoms. The molecule has 0 radical (unpaired) electrons. The van der Waals surface area contributed by atoms with Crippen molar-refractivity contribution in [3.63, 3.8) is 0 Å². The van der Waals surface area contributed by atoms with Gasteiger partial charge in [0.05, 0.1) is 6.04 Å². The van der Waals surface area contributed by atoms with Crippen LogP contribution in [0.1, 0.15) is 12.8 Å². The summed E-state index contributed by atoms with van der Waals surface area (Å²) >= 11 is 0. The van der Waals surface area contributed by atoms with Crippen molar-refractivity contribution >= 4 is 12.2 Å². The Labute approximate surface area is 54.7 Å². The van der Waals surface area contributed by atoms with Gasteiger partial charge in [-0.3, -0.25) is 4.79 Å². The fourth-order valence-electron chi connectivity index (χ4n) is 0.366. The maximum absolute atomic E-state index is 10.2. The molecule has 0 aliphatic heterocycles. The highest BCUT2D eigenvalue weighted by atomic mass is 16.1. The van der Waals surface area contributed by atoms with E-state index in [4.69, 9.17) is 7.15 Å². The summed E-state index contributed by atoms with van der Waals surface area (Å²) in [5.41, 5.74) is 6.79. The van der Waals surface area contributed by atoms with Crippen LogP contribution in [0.4, 0.5) is 0 Å². The molecule has 0 bridgehead atoms. The second-order valence-electron chi connectivity index (χ2n) is 1.75. The predicted molar refractivity (Wildman–Crippen MR) is 32.5 cm³/mol. The molecule has 4 nitrogen and oxygen atoms in total. The quantitative estimate of drug-likeness (QED) is 0.458. The monoisotopic (exact) mass is 131 g/mol. The fourth-order valence-corrected chi connectivity index (χ4v) is 0.366. The smallest absolute Gasteiger partial charge is 0.217 e. The first-order chi connectivity index (χ1) is 4.70. The van der Waals surface area contributed by atoms with Crippen molar-refractivity contribution in [3.05, 3.63) is 0 Å². The van der Waals surface area contributed by atoms with Gasteiger partial charge in [0, 0.05) is 6.42 Å². The van der Waals surface area contributed by atoms with Gasteiger partial charge in [-0.15, -0.1) is 0 Å². The highest BCUT2D eigenvalue weighted by Gasteiger charge is 2.00. The van der Waals surface area contributed by atoms with E-state index in [9.17, 15) is 9.59 Å². The summed E-state index contributed by atoms with van der Waals surface area (Å²) in [5, 5.41) is 0. The van der Waals surface area contributed by atoms with Gasteiger partial charge in [-0.05, 0) is 6.42 Å². The Kier molecular flexibility index (Phi) is 2.78. The van der Waals surface area contributed by atoms with E-state index in [1.807, 2.05) is 5.73 Å². The number of carbonyl (C=O) groups excluding carboxylic acids is 2. The molecule has 0 aliphatic carbocycles. The van der Waals surface area contributed by atoms with Gasteiger partial charge in [0.25, 0.3) is 0 Å². The number of aldehydes is 1. The van der Waals surface area contributed by atoms with E-state index >= 15 is 0 Å². The van der Waals surface area contributed by atoms with Gasteiger partial charge in [-0.1, -0.05) is 0 Å². The molecule has 0 rings (SSSR count). The van der Waals surface area contributed by atoms with Crippen LogP contribution in [0.25, 0.3) is 0 Å². The summed E-state index contributed by atoms with van der Waals surface area (Å²) in [6.45, 7) is 0. The third-order valence-electron chi connectivity index (χ3n) is 0.866. The molecule has 0 saturated carbocycles. The van der Waals surface area contributed by atoms with Crippen molar-refractivity contribution < 1.29 is 11.0 Å². The van der Waals surface area contributed by atoms with Crippen LogP contribution in [-0.4, -0.2) is 18.2 Å². The van der Waals surface area contributed by atoms with Crippen molar-refractivity contribution in [2.75, 3.05) is 0 Å². The number of hydrogen-bond acceptors (Lipinski definition) is 3. The largest absolute Gasteiger partial charge is 0.370 e. The first-order valence-corrected chi connectivity index (χ1v) is 2.61. The van der Waals surface area contributed by atoms with Gasteiger partial charge in [0.1, 0.15) is 7.70 Å². The minimum atomic E-state index is -0.576. The topological polar surface area (TPSA) is 86.2 Å². The van der Waals surface area contributed by atoms with Crippen LogP contribution in [0.15, 0.2) is 0 Å². The summed E-state index contributed by atoms with van der Waals surface area (Å²) in [5.74, 6) is -0.456. The molecule has 52 valence electrons. The molecule has 0 unspecified atom stereocenters. The zero-order valence-corrected chi connectivity index (χ0v) is 4.96. The molecular weight excluding hydrogens is 120 g/mol. The van der Waals surface area contributed by atoms with Crippen LogP contribution in [0.2, 0.25) is 1.41 Å². The van der Waals surface area contributed by atoms with Crippen LogP contribution < -0.4 is 11.5 Å². The minimum absolute atomic E-state index is 0.134. The van der Waals surface area contributed by atoms with E-state index in [-0.39, 0.29) is 6.42 Å². The normalized spacial score (nSPS) is 14.0. The highest BCUT2D eigenvalue weighted by Crippen LogP contribution is 1.88. The maximum Gasteiger partial charge on any atom is 0.217 e. The molecule has 0 heterocycles. The predicted octanol–water partition coefficient (Wildman–Crippen LogP) is -1.22. The molecule has 9 heavy (non-hydrogen) atoms. The number of nitrogens with two attached hydrogens (primary N) is 2. The Bertz CT molecular complexity index is 129. The number of hydrogen-bond donors (Lipinski definition) is 2. The molecule has 0 aliphatic rings. The lowest BCUT2D eigenvalue weighted by Crippen LogP contribution is -2.24. The summed E-state index contributed by atoms with van der Waals surface area (Å²) in [6, 6.07) is -0.576. The van der Waals surface area contributed by atoms with Crippen molar-refractivity contribution in [1.82, 2.24) is 0 Å². The standard InChI is InChI=1S/C5H10N2O2/c6-4(3-8)1-2-5(7)9/h3-4H,1-2,6H2,(H2,7,9)/t4-/m1/s1/i/hD. The third-order valence-corrected chi connectivity index (χ3v) is 0.866. The van der Waals surface area contributed by atoms with Crippen LogP contribution in [0.5, 0.6) is 0 Å². The molecule has 0 fully saturated rings. The fraction of sp³-hybridized carbons (Fsp3) is 0.600. The van der Waals surface area contributed by atoms with Gasteiger partial charge in [-0.25, -0.2) is 0 Å². The van der Waals surface area contributed by atoms with E-state index in [0.29, 0.717) is 12.7 Å². The Hall–Kier alpha value is -0.900. The van der Waals surface area contributed by atoms with Crippen LogP contribution in [0.3, 0.4) is 0 Å². The summed E-state index contributed by atoms with van der Waals surface area (Å²) in [7, 11) is 0. The molecule has 1 amide bonds. The second-order valence-corrected chi connectivity index (χ2v) is 1.75. The van der Waals surface area contributed by atoms with E-state index in [2.05, 4.69) is 0 Å². The van der Waals surface area contributed by atoms with Crippen molar-refractivity contribution in [3.8, 4) is 0 Å². The average Bonchev–Trinajstić information content (AvgIpc) is 1.90. The van der Waals surface area contributed by atoms with Crippen LogP contribution in [0, 0.1) is 0 Å². The molecule has 0 aromatic heterocycles. The van der Waals surface area contributed by atoms with Gasteiger partial charge in [0.2, 0.25) is 5.91 Å². The van der Waals surface area contributed by atoms with Crippen LogP contribution >= 0.6 is 0 Å². The number of primary amides is 1. The van der Waals surface area contributed by atoms with Gasteiger partial charge >= 0.3 is 0 Å². The van der Waals surface area contributed by atoms with E-state index in [1.54, 1.807) is 0 Å². The Morgan fingerprint density at radius 2 is 2.56 bits per heavy atom. The number of carbonyl (C=O) groups is 2. The minimum Gasteiger partial charge on any atom is -0.370 e. The number of amides is 1. The second kappa shape index (κ2) is 4.03. The van der Waals surface area contributed by atoms with E-state index < -0.39 is 11.9 Å². The SMILES string of the molecule is [2H]N[C@@H](C=O)CCC(N)=O. The van der Waals surface area contributed by atoms with Crippen LogP contribution in [-0.2, 0) is 9.59 Å². The summed E-state index contributed by atoms with van der Waals surface area (Å²) in [4.78, 5) is 20.2. The van der Waals surface area contributed by atoms with Crippen molar-refractivity contribution in [2.45, 2.75) is 18.9 Å². The molecule has 4 N–H and O–H groups in total. The van der Waals surface area contributed by atoms with Crippen molar-refractivity contribution in [2.24, 2.45) is 11.5 Å². The summed E-state index contributed by atoms with van der Waals surface area (Å²) in [6.07, 6.45) is 1.01. The van der Waals surface area contributed by atoms with Gasteiger partial charge in [0.15, 0.2) is 0 Å². The molecule has 0 aromatic carbocycles. The first-order valence-electron chi connectivity index (χ1n) is 3.11. The lowest BCUT2D eigenvalue weighted by atomic mass is 10.2. The van der Waals surface area contributed by atoms with Gasteiger partial charge < -0.3 is 16.3 Å². The molecular formula is C5H10N2O2. The van der Waals surface area contributed by atoms with E-state index in [0.717, 1.165) is 0 Å². The molecule has 1 atom stereocenters. The number of rotatable bonds is 5. The maximum atomic E-state index is 10.2. The Morgan fingerprint density at radius 3 is 2.89 bits per heavy atom. The highest BCUT2D eigenvalue weighted by molar-refractivity contribution is 5.74. The average molecular weight is 131 g/mol. The Balaban J connectivity index is 3.44. The molecule has 4 heteroatoms.